The second-order valence-electron chi connectivity index (χ2n) is 2.44. The quantitative estimate of drug-likeness (QED) is 0.700. The second-order valence-corrected chi connectivity index (χ2v) is 2.44. The number of rotatable bonds is 2. The number of hydrogen-bond donors (Lipinski definition) is 2. The zero-order chi connectivity index (χ0) is 11.1. The maximum absolute atomic E-state index is 9.11. The Morgan fingerprint density at radius 1 is 0.929 bits per heavy atom. The third-order valence-electron chi connectivity index (χ3n) is 1.55. The van der Waals surface area contributed by atoms with Crippen LogP contribution >= 0.6 is 0 Å². The van der Waals surface area contributed by atoms with Crippen molar-refractivity contribution in [3.8, 4) is 0 Å². The highest BCUT2D eigenvalue weighted by Gasteiger charge is 2.05. The zero-order valence-electron chi connectivity index (χ0n) is 8.62. The van der Waals surface area contributed by atoms with E-state index in [1.807, 2.05) is 13.8 Å². The van der Waals surface area contributed by atoms with E-state index in [-0.39, 0.29) is 11.5 Å². The van der Waals surface area contributed by atoms with Crippen LogP contribution in [0, 0.1) is 0 Å². The van der Waals surface area contributed by atoms with Gasteiger partial charge in [-0.15, -0.1) is 0 Å². The van der Waals surface area contributed by atoms with Crippen LogP contribution in [0.2, 0.25) is 0 Å². The molecule has 0 unspecified atom stereocenters. The van der Waals surface area contributed by atoms with E-state index in [0.717, 1.165) is 0 Å². The minimum absolute atomic E-state index is 0.0687. The molecule has 0 heterocycles. The lowest BCUT2D eigenvalue weighted by Crippen LogP contribution is -1.89. The molecule has 2 nitrogen and oxygen atoms in total. The number of aliphatic hydroxyl groups is 2. The smallest absolute Gasteiger partial charge is 0.116 e. The van der Waals surface area contributed by atoms with Crippen molar-refractivity contribution in [3.63, 3.8) is 0 Å². The maximum Gasteiger partial charge on any atom is 0.116 e. The fraction of sp³-hybridized carbons (Fsp3) is 0.167. The Hall–Kier alpha value is -1.70. The van der Waals surface area contributed by atoms with Gasteiger partial charge in [0.1, 0.15) is 11.5 Å². The molecule has 14 heavy (non-hydrogen) atoms. The van der Waals surface area contributed by atoms with Gasteiger partial charge in [-0.1, -0.05) is 51.3 Å². The van der Waals surface area contributed by atoms with Gasteiger partial charge in [0.2, 0.25) is 0 Å². The van der Waals surface area contributed by atoms with Crippen molar-refractivity contribution in [3.05, 3.63) is 48.6 Å². The average molecular weight is 192 g/mol. The van der Waals surface area contributed by atoms with Gasteiger partial charge in [0.05, 0.1) is 0 Å². The second kappa shape index (κ2) is 5.86. The predicted octanol–water partition coefficient (Wildman–Crippen LogP) is 3.77. The van der Waals surface area contributed by atoms with Gasteiger partial charge in [0.15, 0.2) is 0 Å². The zero-order valence-corrected chi connectivity index (χ0v) is 8.62. The number of hydrogen-bond acceptors (Lipinski definition) is 2. The molecule has 0 aliphatic heterocycles. The van der Waals surface area contributed by atoms with E-state index in [0.29, 0.717) is 11.1 Å². The molecule has 1 rings (SSSR count). The molecule has 0 aromatic heterocycles. The highest BCUT2D eigenvalue weighted by Crippen LogP contribution is 2.19. The third-order valence-corrected chi connectivity index (χ3v) is 1.55. The standard InChI is InChI=1S/C10H10O2.C2H6/c1-7(11)9-5-3-4-6-10(9)8(2)12;1-2/h3-6,11-12H,1-2H2;1-2H3. The normalized spacial score (nSPS) is 8.43. The molecule has 0 radical (unpaired) electrons. The van der Waals surface area contributed by atoms with Crippen molar-refractivity contribution >= 4 is 11.5 Å². The van der Waals surface area contributed by atoms with Crippen molar-refractivity contribution in [2.24, 2.45) is 0 Å². The minimum Gasteiger partial charge on any atom is -0.508 e. The summed E-state index contributed by atoms with van der Waals surface area (Å²) in [6.45, 7) is 10.7. The molecule has 2 heteroatoms. The van der Waals surface area contributed by atoms with Crippen molar-refractivity contribution < 1.29 is 10.2 Å². The largest absolute Gasteiger partial charge is 0.508 e. The van der Waals surface area contributed by atoms with Gasteiger partial charge >= 0.3 is 0 Å². The van der Waals surface area contributed by atoms with Crippen molar-refractivity contribution in [2.45, 2.75) is 13.8 Å². The summed E-state index contributed by atoms with van der Waals surface area (Å²) in [4.78, 5) is 0. The van der Waals surface area contributed by atoms with Crippen LogP contribution in [-0.4, -0.2) is 10.2 Å². The minimum atomic E-state index is -0.0687. The Bertz CT molecular complexity index is 294. The van der Waals surface area contributed by atoms with Gasteiger partial charge in [-0.2, -0.15) is 0 Å². The number of benzene rings is 1. The Kier molecular flexibility index (Phi) is 5.15. The van der Waals surface area contributed by atoms with Gasteiger partial charge in [-0.3, -0.25) is 0 Å². The summed E-state index contributed by atoms with van der Waals surface area (Å²) in [5, 5.41) is 18.2. The average Bonchev–Trinajstić information content (AvgIpc) is 2.20. The van der Waals surface area contributed by atoms with Gasteiger partial charge < -0.3 is 10.2 Å². The molecule has 0 saturated carbocycles. The highest BCUT2D eigenvalue weighted by atomic mass is 16.3. The number of aliphatic hydroxyl groups excluding tert-OH is 2. The lowest BCUT2D eigenvalue weighted by molar-refractivity contribution is 0.503. The first kappa shape index (κ1) is 12.3. The Balaban J connectivity index is 0.000000791. The van der Waals surface area contributed by atoms with Gasteiger partial charge in [-0.25, -0.2) is 0 Å². The lowest BCUT2D eigenvalue weighted by Gasteiger charge is -2.05. The van der Waals surface area contributed by atoms with Gasteiger partial charge in [0.25, 0.3) is 0 Å². The summed E-state index contributed by atoms with van der Waals surface area (Å²) >= 11 is 0. The van der Waals surface area contributed by atoms with Crippen LogP contribution in [0.3, 0.4) is 0 Å². The topological polar surface area (TPSA) is 40.5 Å². The lowest BCUT2D eigenvalue weighted by atomic mass is 10.1. The van der Waals surface area contributed by atoms with Gasteiger partial charge in [-0.05, 0) is 0 Å². The Morgan fingerprint density at radius 3 is 1.43 bits per heavy atom. The van der Waals surface area contributed by atoms with Crippen LogP contribution in [-0.2, 0) is 0 Å². The molecule has 0 saturated heterocycles. The summed E-state index contributed by atoms with van der Waals surface area (Å²) in [5.74, 6) is -0.137. The highest BCUT2D eigenvalue weighted by molar-refractivity contribution is 5.71. The molecule has 76 valence electrons. The molecule has 2 N–H and O–H groups in total. The first-order chi connectivity index (χ1) is 6.63. The van der Waals surface area contributed by atoms with E-state index >= 15 is 0 Å². The van der Waals surface area contributed by atoms with Crippen molar-refractivity contribution in [1.29, 1.82) is 0 Å². The molecule has 0 bridgehead atoms. The van der Waals surface area contributed by atoms with E-state index in [9.17, 15) is 0 Å². The first-order valence-electron chi connectivity index (χ1n) is 4.48. The van der Waals surface area contributed by atoms with Crippen LogP contribution in [0.1, 0.15) is 25.0 Å². The molecule has 1 aromatic carbocycles. The third kappa shape index (κ3) is 2.98. The molecule has 0 spiro atoms. The molecule has 0 aliphatic carbocycles. The molecule has 0 atom stereocenters. The van der Waals surface area contributed by atoms with E-state index in [2.05, 4.69) is 13.2 Å². The Morgan fingerprint density at radius 2 is 1.21 bits per heavy atom. The molecule has 1 aromatic rings. The fourth-order valence-electron chi connectivity index (χ4n) is 0.986. The molecule has 0 aliphatic rings. The molecular formula is C12H16O2. The summed E-state index contributed by atoms with van der Waals surface area (Å²) in [5.41, 5.74) is 1.01. The molecular weight excluding hydrogens is 176 g/mol. The van der Waals surface area contributed by atoms with E-state index in [4.69, 9.17) is 10.2 Å². The van der Waals surface area contributed by atoms with Crippen LogP contribution < -0.4 is 0 Å². The fourth-order valence-corrected chi connectivity index (χ4v) is 0.986. The van der Waals surface area contributed by atoms with Gasteiger partial charge in [0, 0.05) is 11.1 Å². The summed E-state index contributed by atoms with van der Waals surface area (Å²) < 4.78 is 0. The van der Waals surface area contributed by atoms with E-state index in [1.165, 1.54) is 0 Å². The van der Waals surface area contributed by atoms with Crippen LogP contribution in [0.15, 0.2) is 37.4 Å². The Labute approximate surface area is 84.8 Å². The summed E-state index contributed by atoms with van der Waals surface area (Å²) in [6.07, 6.45) is 0. The van der Waals surface area contributed by atoms with Crippen molar-refractivity contribution in [2.75, 3.05) is 0 Å². The predicted molar refractivity (Wildman–Crippen MR) is 61.1 cm³/mol. The first-order valence-corrected chi connectivity index (χ1v) is 4.48. The van der Waals surface area contributed by atoms with Crippen molar-refractivity contribution in [1.82, 2.24) is 0 Å². The maximum atomic E-state index is 9.11. The molecule has 0 amide bonds. The molecule has 0 fully saturated rings. The van der Waals surface area contributed by atoms with Crippen LogP contribution in [0.25, 0.3) is 11.5 Å². The van der Waals surface area contributed by atoms with E-state index < -0.39 is 0 Å². The SMILES string of the molecule is C=C(O)c1ccccc1C(=C)O.CC. The van der Waals surface area contributed by atoms with Crippen LogP contribution in [0.4, 0.5) is 0 Å². The van der Waals surface area contributed by atoms with Crippen LogP contribution in [0.5, 0.6) is 0 Å². The monoisotopic (exact) mass is 192 g/mol. The summed E-state index contributed by atoms with van der Waals surface area (Å²) in [6, 6.07) is 6.84. The van der Waals surface area contributed by atoms with E-state index in [1.54, 1.807) is 24.3 Å². The summed E-state index contributed by atoms with van der Waals surface area (Å²) in [7, 11) is 0.